The molecular formula is C21H30N6O. The fraction of sp³-hybridized carbons (Fsp3) is 0.381. The van der Waals surface area contributed by atoms with Crippen LogP contribution in [0.4, 0.5) is 5.82 Å². The van der Waals surface area contributed by atoms with Gasteiger partial charge in [-0.25, -0.2) is 9.98 Å². The van der Waals surface area contributed by atoms with Crippen LogP contribution in [0, 0.1) is 0 Å². The van der Waals surface area contributed by atoms with Crippen molar-refractivity contribution in [3.05, 3.63) is 59.3 Å². The molecule has 0 aliphatic heterocycles. The van der Waals surface area contributed by atoms with Crippen LogP contribution in [-0.4, -0.2) is 51.1 Å². The second-order valence-electron chi connectivity index (χ2n) is 6.53. The minimum absolute atomic E-state index is 0.0714. The average molecular weight is 383 g/mol. The number of pyridine rings is 1. The Morgan fingerprint density at radius 1 is 1.18 bits per heavy atom. The number of aliphatic imine (C=N–C) groups is 1. The number of carbonyl (C=O) groups is 1. The van der Waals surface area contributed by atoms with Crippen molar-refractivity contribution >= 4 is 17.7 Å². The minimum Gasteiger partial charge on any atom is -0.362 e. The molecule has 7 nitrogen and oxygen atoms in total. The van der Waals surface area contributed by atoms with Crippen LogP contribution in [-0.2, 0) is 13.0 Å². The first kappa shape index (κ1) is 21.2. The molecule has 0 saturated heterocycles. The molecule has 2 aromatic rings. The van der Waals surface area contributed by atoms with E-state index in [0.29, 0.717) is 12.1 Å². The van der Waals surface area contributed by atoms with Crippen LogP contribution in [0.15, 0.2) is 47.6 Å². The van der Waals surface area contributed by atoms with E-state index in [1.807, 2.05) is 62.3 Å². The molecule has 0 atom stereocenters. The third-order valence-corrected chi connectivity index (χ3v) is 4.17. The number of rotatable bonds is 8. The lowest BCUT2D eigenvalue weighted by atomic mass is 10.1. The molecule has 0 aliphatic rings. The number of nitrogens with zero attached hydrogens (tertiary/aromatic N) is 3. The normalized spacial score (nSPS) is 11.1. The lowest BCUT2D eigenvalue weighted by molar-refractivity contribution is 0.0963. The van der Waals surface area contributed by atoms with Gasteiger partial charge in [0, 0.05) is 51.6 Å². The Balaban J connectivity index is 1.98. The molecule has 0 aliphatic carbocycles. The molecule has 1 aromatic heterocycles. The predicted molar refractivity (Wildman–Crippen MR) is 115 cm³/mol. The summed E-state index contributed by atoms with van der Waals surface area (Å²) in [6.45, 7) is 4.09. The number of anilines is 1. The van der Waals surface area contributed by atoms with E-state index in [0.717, 1.165) is 42.4 Å². The van der Waals surface area contributed by atoms with Crippen molar-refractivity contribution in [2.45, 2.75) is 19.9 Å². The lowest BCUT2D eigenvalue weighted by Crippen LogP contribution is -2.38. The number of hydrogen-bond acceptors (Lipinski definition) is 4. The highest BCUT2D eigenvalue weighted by Crippen LogP contribution is 2.15. The molecule has 1 amide bonds. The maximum atomic E-state index is 11.8. The van der Waals surface area contributed by atoms with Gasteiger partial charge in [0.05, 0.1) is 6.54 Å². The van der Waals surface area contributed by atoms with Gasteiger partial charge in [0.15, 0.2) is 5.96 Å². The molecule has 28 heavy (non-hydrogen) atoms. The van der Waals surface area contributed by atoms with Gasteiger partial charge in [0.2, 0.25) is 0 Å². The Morgan fingerprint density at radius 2 is 2.00 bits per heavy atom. The van der Waals surface area contributed by atoms with Gasteiger partial charge in [-0.1, -0.05) is 18.2 Å². The van der Waals surface area contributed by atoms with Gasteiger partial charge >= 0.3 is 0 Å². The summed E-state index contributed by atoms with van der Waals surface area (Å²) in [6.07, 6.45) is 2.59. The summed E-state index contributed by atoms with van der Waals surface area (Å²) in [5, 5.41) is 9.27. The summed E-state index contributed by atoms with van der Waals surface area (Å²) in [7, 11) is 5.59. The zero-order chi connectivity index (χ0) is 20.4. The van der Waals surface area contributed by atoms with Crippen molar-refractivity contribution in [3.8, 4) is 0 Å². The van der Waals surface area contributed by atoms with Crippen LogP contribution in [0.1, 0.15) is 28.4 Å². The first-order valence-electron chi connectivity index (χ1n) is 9.49. The lowest BCUT2D eigenvalue weighted by Gasteiger charge is -2.16. The van der Waals surface area contributed by atoms with Crippen LogP contribution < -0.4 is 20.9 Å². The molecule has 7 heteroatoms. The maximum absolute atomic E-state index is 11.8. The molecule has 150 valence electrons. The monoisotopic (exact) mass is 382 g/mol. The van der Waals surface area contributed by atoms with Crippen LogP contribution in [0.3, 0.4) is 0 Å². The number of nitrogens with one attached hydrogen (secondary N) is 3. The minimum atomic E-state index is -0.0714. The van der Waals surface area contributed by atoms with Gasteiger partial charge < -0.3 is 20.9 Å². The van der Waals surface area contributed by atoms with E-state index in [2.05, 4.69) is 25.9 Å². The molecule has 0 fully saturated rings. The first-order valence-corrected chi connectivity index (χ1v) is 9.49. The molecule has 0 saturated carbocycles. The van der Waals surface area contributed by atoms with Gasteiger partial charge in [0.1, 0.15) is 5.82 Å². The smallest absolute Gasteiger partial charge is 0.251 e. The summed E-state index contributed by atoms with van der Waals surface area (Å²) in [5.41, 5.74) is 2.85. The SMILES string of the molecule is CCNC(=NCc1cccnc1N(C)C)NCCc1cccc(C(=O)NC)c1. The van der Waals surface area contributed by atoms with E-state index in [1.54, 1.807) is 13.2 Å². The first-order chi connectivity index (χ1) is 13.5. The Hall–Kier alpha value is -3.09. The molecule has 2 rings (SSSR count). The van der Waals surface area contributed by atoms with Crippen molar-refractivity contribution < 1.29 is 4.79 Å². The summed E-state index contributed by atoms with van der Waals surface area (Å²) in [6, 6.07) is 11.6. The second kappa shape index (κ2) is 10.9. The molecule has 1 heterocycles. The van der Waals surface area contributed by atoms with Gasteiger partial charge in [-0.05, 0) is 37.1 Å². The largest absolute Gasteiger partial charge is 0.362 e. The Bertz CT molecular complexity index is 803. The highest BCUT2D eigenvalue weighted by Gasteiger charge is 2.06. The summed E-state index contributed by atoms with van der Waals surface area (Å²) in [4.78, 5) is 22.9. The van der Waals surface area contributed by atoms with Gasteiger partial charge in [0.25, 0.3) is 5.91 Å². The number of hydrogen-bond donors (Lipinski definition) is 3. The molecule has 3 N–H and O–H groups in total. The van der Waals surface area contributed by atoms with Crippen molar-refractivity contribution in [2.75, 3.05) is 39.1 Å². The van der Waals surface area contributed by atoms with Crippen LogP contribution in [0.2, 0.25) is 0 Å². The standard InChI is InChI=1S/C21H30N6O/c1-5-23-21(26-15-18-10-7-12-24-19(18)27(3)4)25-13-11-16-8-6-9-17(14-16)20(28)22-2/h6-10,12,14H,5,11,13,15H2,1-4H3,(H,22,28)(H2,23,25,26). The fourth-order valence-corrected chi connectivity index (χ4v) is 2.80. The Morgan fingerprint density at radius 3 is 2.71 bits per heavy atom. The van der Waals surface area contributed by atoms with Crippen molar-refractivity contribution in [3.63, 3.8) is 0 Å². The summed E-state index contributed by atoms with van der Waals surface area (Å²) < 4.78 is 0. The number of guanidine groups is 1. The molecule has 1 aromatic carbocycles. The second-order valence-corrected chi connectivity index (χ2v) is 6.53. The fourth-order valence-electron chi connectivity index (χ4n) is 2.80. The number of carbonyl (C=O) groups excluding carboxylic acids is 1. The van der Waals surface area contributed by atoms with Crippen LogP contribution in [0.25, 0.3) is 0 Å². The average Bonchev–Trinajstić information content (AvgIpc) is 2.71. The highest BCUT2D eigenvalue weighted by molar-refractivity contribution is 5.94. The zero-order valence-electron chi connectivity index (χ0n) is 17.1. The quantitative estimate of drug-likeness (QED) is 0.479. The van der Waals surface area contributed by atoms with Crippen molar-refractivity contribution in [2.24, 2.45) is 4.99 Å². The molecule has 0 radical (unpaired) electrons. The number of benzene rings is 1. The molecule has 0 bridgehead atoms. The van der Waals surface area contributed by atoms with E-state index in [-0.39, 0.29) is 5.91 Å². The van der Waals surface area contributed by atoms with E-state index >= 15 is 0 Å². The Labute approximate surface area is 167 Å². The van der Waals surface area contributed by atoms with E-state index in [1.165, 1.54) is 0 Å². The Kier molecular flexibility index (Phi) is 8.27. The summed E-state index contributed by atoms with van der Waals surface area (Å²) in [5.74, 6) is 1.62. The van der Waals surface area contributed by atoms with Crippen molar-refractivity contribution in [1.82, 2.24) is 20.9 Å². The zero-order valence-corrected chi connectivity index (χ0v) is 17.1. The third-order valence-electron chi connectivity index (χ3n) is 4.17. The molecule has 0 unspecified atom stereocenters. The number of amides is 1. The van der Waals surface area contributed by atoms with E-state index < -0.39 is 0 Å². The summed E-state index contributed by atoms with van der Waals surface area (Å²) >= 11 is 0. The van der Waals surface area contributed by atoms with Gasteiger partial charge in [-0.15, -0.1) is 0 Å². The van der Waals surface area contributed by atoms with Crippen LogP contribution in [0.5, 0.6) is 0 Å². The highest BCUT2D eigenvalue weighted by atomic mass is 16.1. The predicted octanol–water partition coefficient (Wildman–Crippen LogP) is 1.80. The van der Waals surface area contributed by atoms with Crippen molar-refractivity contribution in [1.29, 1.82) is 0 Å². The van der Waals surface area contributed by atoms with E-state index in [9.17, 15) is 4.79 Å². The van der Waals surface area contributed by atoms with E-state index in [4.69, 9.17) is 0 Å². The van der Waals surface area contributed by atoms with Gasteiger partial charge in [-0.3, -0.25) is 4.79 Å². The number of aromatic nitrogens is 1. The molecular weight excluding hydrogens is 352 g/mol. The van der Waals surface area contributed by atoms with Gasteiger partial charge in [-0.2, -0.15) is 0 Å². The van der Waals surface area contributed by atoms with Crippen LogP contribution >= 0.6 is 0 Å². The molecule has 0 spiro atoms. The third kappa shape index (κ3) is 6.26. The maximum Gasteiger partial charge on any atom is 0.251 e. The topological polar surface area (TPSA) is 81.7 Å².